The van der Waals surface area contributed by atoms with Crippen LogP contribution in [0.5, 0.6) is 0 Å². The van der Waals surface area contributed by atoms with Crippen LogP contribution >= 0.6 is 0 Å². The molecular formula is C72H50N2. The summed E-state index contributed by atoms with van der Waals surface area (Å²) < 4.78 is 0. The zero-order valence-electron chi connectivity index (χ0n) is 40.9. The van der Waals surface area contributed by atoms with E-state index in [9.17, 15) is 0 Å². The number of rotatable bonds is 4. The van der Waals surface area contributed by atoms with Crippen LogP contribution in [0.25, 0.3) is 55.3 Å². The average Bonchev–Trinajstić information content (AvgIpc) is 4.33. The van der Waals surface area contributed by atoms with Gasteiger partial charge in [0.15, 0.2) is 0 Å². The maximum atomic E-state index is 2.78. The van der Waals surface area contributed by atoms with Gasteiger partial charge in [-0.25, -0.2) is 0 Å². The molecule has 2 spiro atoms. The Morgan fingerprint density at radius 1 is 0.392 bits per heavy atom. The van der Waals surface area contributed by atoms with Crippen molar-refractivity contribution in [3.8, 4) is 44.5 Å². The van der Waals surface area contributed by atoms with E-state index in [1.807, 2.05) is 0 Å². The second-order valence-electron chi connectivity index (χ2n) is 21.7. The van der Waals surface area contributed by atoms with Crippen molar-refractivity contribution in [2.45, 2.75) is 42.1 Å². The first-order valence-electron chi connectivity index (χ1n) is 26.8. The van der Waals surface area contributed by atoms with Crippen LogP contribution in [0.1, 0.15) is 69.7 Å². The van der Waals surface area contributed by atoms with Crippen molar-refractivity contribution in [1.29, 1.82) is 0 Å². The third-order valence-electron chi connectivity index (χ3n) is 18.7. The Morgan fingerprint density at radius 3 is 1.78 bits per heavy atom. The molecule has 0 bridgehead atoms. The minimum absolute atomic E-state index is 0.352. The van der Waals surface area contributed by atoms with Gasteiger partial charge in [0.2, 0.25) is 0 Å². The summed E-state index contributed by atoms with van der Waals surface area (Å²) in [5, 5.41) is 2.58. The first kappa shape index (κ1) is 40.8. The molecule has 0 saturated heterocycles. The molecule has 0 amide bonds. The highest BCUT2D eigenvalue weighted by molar-refractivity contribution is 6.07. The maximum absolute atomic E-state index is 2.78. The summed E-state index contributed by atoms with van der Waals surface area (Å²) in [7, 11) is 0. The van der Waals surface area contributed by atoms with Gasteiger partial charge >= 0.3 is 0 Å². The van der Waals surface area contributed by atoms with E-state index in [2.05, 4.69) is 259 Å². The summed E-state index contributed by atoms with van der Waals surface area (Å²) in [6.45, 7) is 0. The molecule has 0 radical (unpaired) electrons. The molecule has 0 N–H and O–H groups in total. The summed E-state index contributed by atoms with van der Waals surface area (Å²) >= 11 is 0. The van der Waals surface area contributed by atoms with Gasteiger partial charge in [-0.2, -0.15) is 0 Å². The molecule has 5 unspecified atom stereocenters. The zero-order chi connectivity index (χ0) is 48.3. The number of hydrogen-bond donors (Lipinski definition) is 0. The Morgan fingerprint density at radius 2 is 0.973 bits per heavy atom. The van der Waals surface area contributed by atoms with Crippen molar-refractivity contribution < 1.29 is 0 Å². The third kappa shape index (κ3) is 5.01. The van der Waals surface area contributed by atoms with Crippen LogP contribution in [0.2, 0.25) is 0 Å². The van der Waals surface area contributed by atoms with Gasteiger partial charge in [-0.3, -0.25) is 0 Å². The van der Waals surface area contributed by atoms with E-state index >= 15 is 0 Å². The van der Waals surface area contributed by atoms with E-state index in [0.29, 0.717) is 17.9 Å². The standard InChI is InChI=1S/C72H50N2/c1-2-19-45(20-3-1)49-22-9-15-34-66(49)73(47-38-40-53-51-24-6-11-29-58(51)71(64(53)43-47)60-31-13-8-27-57(60)69-50-23-5-4-21-46(50)37-42-62(69)71)48-39-41-54-52-25-7-12-30-59(52)72(65(54)44-48)61-32-14-17-36-68(61)74-67-35-16-10-26-55(67)56-28-18-33-63(72)70(56)74/h1-17,19-27,29-32,34-44,56,63,70H,18,28,33H2. The number of benzene rings is 11. The van der Waals surface area contributed by atoms with Crippen LogP contribution in [0.15, 0.2) is 249 Å². The molecular weight excluding hydrogens is 893 g/mol. The highest BCUT2D eigenvalue weighted by atomic mass is 15.2. The molecule has 2 aliphatic heterocycles. The van der Waals surface area contributed by atoms with Crippen LogP contribution in [0.4, 0.5) is 28.4 Å². The minimum atomic E-state index is -0.514. The molecule has 11 aromatic rings. The summed E-state index contributed by atoms with van der Waals surface area (Å²) in [6.07, 6.45) is 3.61. The Kier molecular flexibility index (Phi) is 8.24. The van der Waals surface area contributed by atoms with Gasteiger partial charge in [-0.1, -0.05) is 213 Å². The number of hydrogen-bond acceptors (Lipinski definition) is 2. The molecule has 74 heavy (non-hydrogen) atoms. The first-order chi connectivity index (χ1) is 36.7. The van der Waals surface area contributed by atoms with Crippen LogP contribution in [-0.2, 0) is 10.8 Å². The van der Waals surface area contributed by atoms with Gasteiger partial charge < -0.3 is 9.80 Å². The number of para-hydroxylation sites is 3. The minimum Gasteiger partial charge on any atom is -0.337 e. The van der Waals surface area contributed by atoms with E-state index in [4.69, 9.17) is 0 Å². The van der Waals surface area contributed by atoms with E-state index in [1.165, 1.54) is 136 Å². The topological polar surface area (TPSA) is 6.48 Å². The third-order valence-corrected chi connectivity index (χ3v) is 18.7. The second kappa shape index (κ2) is 14.9. The van der Waals surface area contributed by atoms with Crippen molar-refractivity contribution in [2.75, 3.05) is 9.80 Å². The smallest absolute Gasteiger partial charge is 0.0726 e. The van der Waals surface area contributed by atoms with Gasteiger partial charge in [0, 0.05) is 40.3 Å². The SMILES string of the molecule is c1ccc(-c2ccccc2N(c2ccc3c(c2)C2(c4ccccc4-3)c3ccccc3-c3c2ccc2ccccc32)c2ccc3c(c2)C2(c4ccccc4-3)c3ccccc3N3c4ccccc4C4CCCC2C43)cc1. The molecule has 5 atom stereocenters. The highest BCUT2D eigenvalue weighted by Gasteiger charge is 2.62. The summed E-state index contributed by atoms with van der Waals surface area (Å²) in [4.78, 5) is 5.38. The lowest BCUT2D eigenvalue weighted by atomic mass is 9.54. The fourth-order valence-corrected chi connectivity index (χ4v) is 16.2. The van der Waals surface area contributed by atoms with Crippen LogP contribution < -0.4 is 9.80 Å². The van der Waals surface area contributed by atoms with Gasteiger partial charge in [0.25, 0.3) is 0 Å². The molecule has 2 heteroatoms. The van der Waals surface area contributed by atoms with Crippen molar-refractivity contribution in [2.24, 2.45) is 5.92 Å². The summed E-state index contributed by atoms with van der Waals surface area (Å²) in [5.74, 6) is 0.846. The average molecular weight is 943 g/mol. The largest absolute Gasteiger partial charge is 0.337 e. The van der Waals surface area contributed by atoms with Gasteiger partial charge in [0.1, 0.15) is 0 Å². The van der Waals surface area contributed by atoms with Crippen molar-refractivity contribution in [3.63, 3.8) is 0 Å². The summed E-state index contributed by atoms with van der Waals surface area (Å²) in [5.41, 5.74) is 27.0. The van der Waals surface area contributed by atoms with Crippen LogP contribution in [-0.4, -0.2) is 6.04 Å². The van der Waals surface area contributed by atoms with E-state index < -0.39 is 5.41 Å². The van der Waals surface area contributed by atoms with Gasteiger partial charge in [-0.05, 0) is 155 Å². The molecule has 4 aliphatic carbocycles. The quantitative estimate of drug-likeness (QED) is 0.173. The lowest BCUT2D eigenvalue weighted by Crippen LogP contribution is -2.54. The van der Waals surface area contributed by atoms with Crippen LogP contribution in [0.3, 0.4) is 0 Å². The fourth-order valence-electron chi connectivity index (χ4n) is 16.2. The van der Waals surface area contributed by atoms with E-state index in [1.54, 1.807) is 0 Å². The Bertz CT molecular complexity index is 4190. The predicted octanol–water partition coefficient (Wildman–Crippen LogP) is 18.1. The number of anilines is 5. The highest BCUT2D eigenvalue weighted by Crippen LogP contribution is 2.69. The normalized spacial score (nSPS) is 21.3. The monoisotopic (exact) mass is 942 g/mol. The predicted molar refractivity (Wildman–Crippen MR) is 305 cm³/mol. The van der Waals surface area contributed by atoms with E-state index in [-0.39, 0.29) is 5.41 Å². The zero-order valence-corrected chi connectivity index (χ0v) is 40.9. The van der Waals surface area contributed by atoms with E-state index in [0.717, 1.165) is 11.4 Å². The number of fused-ring (bicyclic) bond motifs is 24. The van der Waals surface area contributed by atoms with Crippen molar-refractivity contribution in [3.05, 3.63) is 293 Å². The Labute approximate surface area is 432 Å². The molecule has 1 saturated carbocycles. The molecule has 11 aromatic carbocycles. The van der Waals surface area contributed by atoms with Gasteiger partial charge in [0.05, 0.1) is 16.5 Å². The Hall–Kier alpha value is -8.72. The maximum Gasteiger partial charge on any atom is 0.0726 e. The fraction of sp³-hybridized carbons (Fsp3) is 0.111. The molecule has 2 heterocycles. The number of nitrogens with zero attached hydrogens (tertiary/aromatic N) is 2. The second-order valence-corrected chi connectivity index (χ2v) is 21.7. The lowest BCUT2D eigenvalue weighted by molar-refractivity contribution is 0.210. The van der Waals surface area contributed by atoms with Gasteiger partial charge in [-0.15, -0.1) is 0 Å². The van der Waals surface area contributed by atoms with Crippen molar-refractivity contribution >= 4 is 39.2 Å². The Balaban J connectivity index is 0.944. The summed E-state index contributed by atoms with van der Waals surface area (Å²) in [6, 6.07) is 95.9. The van der Waals surface area contributed by atoms with Crippen molar-refractivity contribution in [1.82, 2.24) is 0 Å². The molecule has 1 fully saturated rings. The van der Waals surface area contributed by atoms with Crippen LogP contribution in [0, 0.1) is 5.92 Å². The molecule has 2 nitrogen and oxygen atoms in total. The molecule has 0 aromatic heterocycles. The molecule has 348 valence electrons. The lowest BCUT2D eigenvalue weighted by Gasteiger charge is -2.55. The molecule has 17 rings (SSSR count). The first-order valence-corrected chi connectivity index (χ1v) is 26.8. The molecule has 6 aliphatic rings.